The Hall–Kier alpha value is -2.80. The molecule has 0 saturated heterocycles. The lowest BCUT2D eigenvalue weighted by Gasteiger charge is -2.13. The molecular weight excluding hydrogens is 369 g/mol. The van der Waals surface area contributed by atoms with Gasteiger partial charge in [0.15, 0.2) is 0 Å². The summed E-state index contributed by atoms with van der Waals surface area (Å²) in [5.41, 5.74) is 1.70. The van der Waals surface area contributed by atoms with Crippen LogP contribution < -0.4 is 5.32 Å². The van der Waals surface area contributed by atoms with E-state index in [1.807, 2.05) is 42.1 Å². The number of nitrogens with one attached hydrogen (secondary N) is 1. The molecule has 0 aliphatic rings. The molecule has 1 atom stereocenters. The highest BCUT2D eigenvalue weighted by molar-refractivity contribution is 5.81. The van der Waals surface area contributed by atoms with E-state index in [0.717, 1.165) is 23.0 Å². The average Bonchev–Trinajstić information content (AvgIpc) is 3.04. The third-order valence-electron chi connectivity index (χ3n) is 4.71. The molecule has 2 aromatic carbocycles. The molecule has 2 N–H and O–H groups in total. The smallest absolute Gasteiger partial charge is 0.387 e. The van der Waals surface area contributed by atoms with Crippen LogP contribution in [0.5, 0.6) is 0 Å². The summed E-state index contributed by atoms with van der Waals surface area (Å²) in [6, 6.07) is 12.3. The Bertz CT molecular complexity index is 962. The quantitative estimate of drug-likeness (QED) is 0.669. The summed E-state index contributed by atoms with van der Waals surface area (Å²) in [5, 5.41) is 14.0. The molecule has 0 saturated carbocycles. The number of hydrogen-bond acceptors (Lipinski definition) is 2. The Morgan fingerprint density at radius 1 is 1.14 bits per heavy atom. The van der Waals surface area contributed by atoms with E-state index in [4.69, 9.17) is 0 Å². The molecule has 7 heteroatoms. The fourth-order valence-electron chi connectivity index (χ4n) is 3.04. The summed E-state index contributed by atoms with van der Waals surface area (Å²) in [5.74, 6) is -0.264. The minimum atomic E-state index is -4.37. The highest BCUT2D eigenvalue weighted by Gasteiger charge is 2.29. The Morgan fingerprint density at radius 3 is 2.54 bits per heavy atom. The highest BCUT2D eigenvalue weighted by atomic mass is 19.4. The molecule has 0 spiro atoms. The number of fused-ring (bicyclic) bond motifs is 1. The van der Waals surface area contributed by atoms with E-state index in [0.29, 0.717) is 17.5 Å². The molecule has 0 aliphatic carbocycles. The van der Waals surface area contributed by atoms with Gasteiger partial charge in [-0.25, -0.2) is 0 Å². The number of carbonyl (C=O) groups excluding carboxylic acids is 1. The van der Waals surface area contributed by atoms with Gasteiger partial charge in [0.25, 0.3) is 0 Å². The number of hydrogen-bond donors (Lipinski definition) is 2. The first-order valence-electron chi connectivity index (χ1n) is 8.90. The van der Waals surface area contributed by atoms with Crippen molar-refractivity contribution in [3.8, 4) is 0 Å². The molecule has 0 aliphatic heterocycles. The van der Waals surface area contributed by atoms with Gasteiger partial charge >= 0.3 is 6.18 Å². The summed E-state index contributed by atoms with van der Waals surface area (Å²) < 4.78 is 39.6. The standard InChI is InChI=1S/C21H21F3N2O2/c1-26-11-10-15-12-16(5-8-18(15)26)19(27)13-25-20(28)9-4-14-2-6-17(7-3-14)21(22,23)24/h2-3,5-8,10-12,19,27H,4,9,13H2,1H3,(H,25,28). The fourth-order valence-corrected chi connectivity index (χ4v) is 3.04. The van der Waals surface area contributed by atoms with E-state index >= 15 is 0 Å². The fraction of sp³-hybridized carbons (Fsp3) is 0.286. The average molecular weight is 390 g/mol. The first-order chi connectivity index (χ1) is 13.2. The van der Waals surface area contributed by atoms with Crippen molar-refractivity contribution >= 4 is 16.8 Å². The van der Waals surface area contributed by atoms with E-state index in [9.17, 15) is 23.1 Å². The van der Waals surface area contributed by atoms with E-state index < -0.39 is 17.8 Å². The Labute approximate surface area is 160 Å². The third kappa shape index (κ3) is 4.72. The van der Waals surface area contributed by atoms with Crippen LogP contribution in [0.25, 0.3) is 10.9 Å². The number of benzene rings is 2. The first kappa shape index (κ1) is 19.9. The predicted molar refractivity (Wildman–Crippen MR) is 101 cm³/mol. The summed E-state index contributed by atoms with van der Waals surface area (Å²) >= 11 is 0. The van der Waals surface area contributed by atoms with Crippen molar-refractivity contribution in [2.45, 2.75) is 25.1 Å². The van der Waals surface area contributed by atoms with Crippen LogP contribution in [-0.4, -0.2) is 22.1 Å². The normalized spacial score (nSPS) is 12.9. The van der Waals surface area contributed by atoms with E-state index in [-0.39, 0.29) is 18.9 Å². The van der Waals surface area contributed by atoms with Crippen LogP contribution in [-0.2, 0) is 24.4 Å². The maximum Gasteiger partial charge on any atom is 0.416 e. The lowest BCUT2D eigenvalue weighted by Crippen LogP contribution is -2.28. The number of rotatable bonds is 6. The molecule has 1 aromatic heterocycles. The van der Waals surface area contributed by atoms with Gasteiger partial charge in [-0.05, 0) is 53.3 Å². The van der Waals surface area contributed by atoms with Gasteiger partial charge < -0.3 is 15.0 Å². The summed E-state index contributed by atoms with van der Waals surface area (Å²) in [4.78, 5) is 12.0. The number of aromatic nitrogens is 1. The zero-order valence-electron chi connectivity index (χ0n) is 15.3. The third-order valence-corrected chi connectivity index (χ3v) is 4.71. The topological polar surface area (TPSA) is 54.3 Å². The molecule has 0 bridgehead atoms. The van der Waals surface area contributed by atoms with Crippen molar-refractivity contribution in [2.75, 3.05) is 6.54 Å². The summed E-state index contributed by atoms with van der Waals surface area (Å²) in [6.07, 6.45) is -2.80. The van der Waals surface area contributed by atoms with Crippen LogP contribution >= 0.6 is 0 Å². The Kier molecular flexibility index (Phi) is 5.74. The zero-order valence-corrected chi connectivity index (χ0v) is 15.3. The number of amides is 1. The minimum absolute atomic E-state index is 0.0736. The van der Waals surface area contributed by atoms with Gasteiger partial charge in [0.2, 0.25) is 5.91 Å². The van der Waals surface area contributed by atoms with Gasteiger partial charge in [0, 0.05) is 31.7 Å². The van der Waals surface area contributed by atoms with E-state index in [2.05, 4.69) is 5.32 Å². The number of aliphatic hydroxyl groups is 1. The van der Waals surface area contributed by atoms with Crippen molar-refractivity contribution in [1.82, 2.24) is 9.88 Å². The minimum Gasteiger partial charge on any atom is -0.387 e. The molecule has 28 heavy (non-hydrogen) atoms. The van der Waals surface area contributed by atoms with Gasteiger partial charge in [-0.1, -0.05) is 18.2 Å². The van der Waals surface area contributed by atoms with Crippen molar-refractivity contribution in [2.24, 2.45) is 7.05 Å². The van der Waals surface area contributed by atoms with Crippen molar-refractivity contribution < 1.29 is 23.1 Å². The predicted octanol–water partition coefficient (Wildman–Crippen LogP) is 3.98. The monoisotopic (exact) mass is 390 g/mol. The van der Waals surface area contributed by atoms with Crippen LogP contribution in [0.15, 0.2) is 54.7 Å². The molecule has 1 unspecified atom stereocenters. The number of nitrogens with zero attached hydrogens (tertiary/aromatic N) is 1. The van der Waals surface area contributed by atoms with E-state index in [1.54, 1.807) is 0 Å². The second-order valence-electron chi connectivity index (χ2n) is 6.76. The highest BCUT2D eigenvalue weighted by Crippen LogP contribution is 2.29. The largest absolute Gasteiger partial charge is 0.416 e. The molecule has 148 valence electrons. The van der Waals surface area contributed by atoms with Crippen molar-refractivity contribution in [1.29, 1.82) is 0 Å². The summed E-state index contributed by atoms with van der Waals surface area (Å²) in [6.45, 7) is 0.0736. The molecule has 1 heterocycles. The van der Waals surface area contributed by atoms with Gasteiger partial charge in [-0.15, -0.1) is 0 Å². The molecule has 0 radical (unpaired) electrons. The molecular formula is C21H21F3N2O2. The van der Waals surface area contributed by atoms with Gasteiger partial charge in [0.05, 0.1) is 11.7 Å². The molecule has 3 rings (SSSR count). The van der Waals surface area contributed by atoms with Gasteiger partial charge in [0.1, 0.15) is 0 Å². The number of halogens is 3. The van der Waals surface area contributed by atoms with Gasteiger partial charge in [-0.2, -0.15) is 13.2 Å². The summed E-state index contributed by atoms with van der Waals surface area (Å²) in [7, 11) is 1.94. The number of aliphatic hydroxyl groups excluding tert-OH is 1. The van der Waals surface area contributed by atoms with Crippen LogP contribution in [0.3, 0.4) is 0 Å². The lowest BCUT2D eigenvalue weighted by molar-refractivity contribution is -0.137. The van der Waals surface area contributed by atoms with Crippen molar-refractivity contribution in [3.05, 3.63) is 71.4 Å². The van der Waals surface area contributed by atoms with E-state index in [1.165, 1.54) is 12.1 Å². The van der Waals surface area contributed by atoms with Gasteiger partial charge in [-0.3, -0.25) is 4.79 Å². The molecule has 0 fully saturated rings. The number of aryl methyl sites for hydroxylation is 2. The maximum atomic E-state index is 12.5. The lowest BCUT2D eigenvalue weighted by atomic mass is 10.1. The Morgan fingerprint density at radius 2 is 1.86 bits per heavy atom. The van der Waals surface area contributed by atoms with Crippen LogP contribution in [0, 0.1) is 0 Å². The van der Waals surface area contributed by atoms with Crippen LogP contribution in [0.2, 0.25) is 0 Å². The van der Waals surface area contributed by atoms with Crippen molar-refractivity contribution in [3.63, 3.8) is 0 Å². The number of carbonyl (C=O) groups is 1. The Balaban J connectivity index is 1.49. The maximum absolute atomic E-state index is 12.5. The molecule has 3 aromatic rings. The SMILES string of the molecule is Cn1ccc2cc(C(O)CNC(=O)CCc3ccc(C(F)(F)F)cc3)ccc21. The zero-order chi connectivity index (χ0) is 20.3. The first-order valence-corrected chi connectivity index (χ1v) is 8.90. The molecule has 1 amide bonds. The molecule has 4 nitrogen and oxygen atoms in total. The van der Waals surface area contributed by atoms with Crippen LogP contribution in [0.1, 0.15) is 29.2 Å². The second kappa shape index (κ2) is 8.06. The van der Waals surface area contributed by atoms with Crippen LogP contribution in [0.4, 0.5) is 13.2 Å². The number of alkyl halides is 3. The second-order valence-corrected chi connectivity index (χ2v) is 6.76.